The number of fused-ring (bicyclic) bond motifs is 1. The molecule has 0 saturated carbocycles. The minimum Gasteiger partial charge on any atom is -0.457 e. The highest BCUT2D eigenvalue weighted by Crippen LogP contribution is 2.36. The van der Waals surface area contributed by atoms with Crippen molar-refractivity contribution in [3.05, 3.63) is 67.0 Å². The van der Waals surface area contributed by atoms with Crippen molar-refractivity contribution in [2.75, 3.05) is 43.0 Å². The van der Waals surface area contributed by atoms with Gasteiger partial charge in [0, 0.05) is 50.4 Å². The third-order valence-electron chi connectivity index (χ3n) is 7.46. The van der Waals surface area contributed by atoms with Crippen LogP contribution in [0.25, 0.3) is 11.0 Å². The zero-order valence-corrected chi connectivity index (χ0v) is 22.7. The van der Waals surface area contributed by atoms with Crippen LogP contribution in [0.1, 0.15) is 31.4 Å². The molecule has 4 aromatic rings. The average molecular weight is 559 g/mol. The maximum absolute atomic E-state index is 15.3. The van der Waals surface area contributed by atoms with Gasteiger partial charge in [0.1, 0.15) is 35.3 Å². The highest BCUT2D eigenvalue weighted by molar-refractivity contribution is 5.91. The summed E-state index contributed by atoms with van der Waals surface area (Å²) in [5, 5.41) is 11.3. The molecule has 2 saturated heterocycles. The maximum Gasteiger partial charge on any atom is 0.245 e. The van der Waals surface area contributed by atoms with E-state index in [9.17, 15) is 4.79 Å². The number of H-pyrrole nitrogens is 1. The number of amides is 1. The third kappa shape index (κ3) is 5.68. The molecule has 6 rings (SSSR count). The van der Waals surface area contributed by atoms with Gasteiger partial charge in [0.15, 0.2) is 5.65 Å². The lowest BCUT2D eigenvalue weighted by molar-refractivity contribution is -0.127. The predicted octanol–water partition coefficient (Wildman–Crippen LogP) is 4.54. The molecule has 212 valence electrons. The minimum absolute atomic E-state index is 0.0694. The van der Waals surface area contributed by atoms with Crippen LogP contribution in [-0.4, -0.2) is 74.8 Å². The van der Waals surface area contributed by atoms with Gasteiger partial charge in [0.25, 0.3) is 0 Å². The summed E-state index contributed by atoms with van der Waals surface area (Å²) in [5.74, 6) is 1.71. The fourth-order valence-corrected chi connectivity index (χ4v) is 5.36. The Morgan fingerprint density at radius 3 is 2.78 bits per heavy atom. The molecule has 0 spiro atoms. The van der Waals surface area contributed by atoms with Gasteiger partial charge in [-0.2, -0.15) is 5.10 Å². The van der Waals surface area contributed by atoms with E-state index >= 15 is 4.39 Å². The summed E-state index contributed by atoms with van der Waals surface area (Å²) in [4.78, 5) is 29.1. The molecule has 2 fully saturated rings. The van der Waals surface area contributed by atoms with Gasteiger partial charge < -0.3 is 24.6 Å². The molecule has 2 aliphatic rings. The largest absolute Gasteiger partial charge is 0.457 e. The topological polar surface area (TPSA) is 121 Å². The quantitative estimate of drug-likeness (QED) is 0.315. The van der Waals surface area contributed by atoms with E-state index in [1.165, 1.54) is 18.5 Å². The number of anilines is 3. The number of nitrogens with one attached hydrogen (secondary N) is 2. The van der Waals surface area contributed by atoms with E-state index in [0.29, 0.717) is 48.0 Å². The van der Waals surface area contributed by atoms with Crippen molar-refractivity contribution >= 4 is 34.3 Å². The van der Waals surface area contributed by atoms with Gasteiger partial charge in [0.05, 0.1) is 29.5 Å². The molecule has 0 bridgehead atoms. The van der Waals surface area contributed by atoms with E-state index in [2.05, 4.69) is 41.9 Å². The van der Waals surface area contributed by atoms with E-state index in [1.807, 2.05) is 13.0 Å². The normalized spacial score (nSPS) is 18.0. The van der Waals surface area contributed by atoms with Crippen molar-refractivity contribution in [2.24, 2.45) is 0 Å². The second kappa shape index (κ2) is 11.5. The first kappa shape index (κ1) is 26.6. The zero-order valence-electron chi connectivity index (χ0n) is 22.7. The molecule has 11 nitrogen and oxygen atoms in total. The van der Waals surface area contributed by atoms with Gasteiger partial charge in [-0.3, -0.25) is 9.89 Å². The van der Waals surface area contributed by atoms with Crippen LogP contribution in [-0.2, 0) is 9.53 Å². The molecule has 0 radical (unpaired) electrons. The molecule has 0 aliphatic carbocycles. The molecular formula is C29H31FN8O3. The number of aromatic nitrogens is 5. The molecule has 1 atom stereocenters. The standard InChI is InChI=1S/C29H31FN8O3/c1-3-25(39)37-10-7-19(8-11-37)27-26-28(32-17-33-29(26)36-35-27)34-23-5-4-20(14-22(23)30)41-21-6-9-31-24(15-21)38-12-13-40-18(2)16-38/h3-6,9,14-15,17-19H,1,7-8,10-13,16H2,2H3,(H2,32,33,34,35,36)/t18-/m1/s1. The van der Waals surface area contributed by atoms with Gasteiger partial charge in [-0.25, -0.2) is 19.3 Å². The molecule has 1 amide bonds. The number of carbonyl (C=O) groups is 1. The second-order valence-electron chi connectivity index (χ2n) is 10.2. The lowest BCUT2D eigenvalue weighted by Crippen LogP contribution is -2.41. The van der Waals surface area contributed by atoms with Crippen molar-refractivity contribution in [1.82, 2.24) is 30.0 Å². The van der Waals surface area contributed by atoms with E-state index < -0.39 is 5.82 Å². The van der Waals surface area contributed by atoms with Crippen LogP contribution in [0.3, 0.4) is 0 Å². The van der Waals surface area contributed by atoms with Crippen molar-refractivity contribution in [1.29, 1.82) is 0 Å². The number of hydrogen-bond acceptors (Lipinski definition) is 9. The molecule has 12 heteroatoms. The number of morpholine rings is 1. The summed E-state index contributed by atoms with van der Waals surface area (Å²) in [6.45, 7) is 8.96. The molecule has 41 heavy (non-hydrogen) atoms. The number of aromatic amines is 1. The fraction of sp³-hybridized carbons (Fsp3) is 0.345. The first-order valence-electron chi connectivity index (χ1n) is 13.7. The lowest BCUT2D eigenvalue weighted by Gasteiger charge is -2.32. The molecule has 2 aliphatic heterocycles. The van der Waals surface area contributed by atoms with Gasteiger partial charge in [-0.1, -0.05) is 6.58 Å². The predicted molar refractivity (Wildman–Crippen MR) is 152 cm³/mol. The summed E-state index contributed by atoms with van der Waals surface area (Å²) < 4.78 is 26.9. The van der Waals surface area contributed by atoms with E-state index in [-0.39, 0.29) is 23.6 Å². The van der Waals surface area contributed by atoms with Crippen LogP contribution in [0, 0.1) is 5.82 Å². The average Bonchev–Trinajstić information content (AvgIpc) is 3.44. The van der Waals surface area contributed by atoms with Crippen molar-refractivity contribution in [2.45, 2.75) is 31.8 Å². The van der Waals surface area contributed by atoms with Gasteiger partial charge in [-0.15, -0.1) is 0 Å². The summed E-state index contributed by atoms with van der Waals surface area (Å²) in [6, 6.07) is 8.23. The summed E-state index contributed by atoms with van der Waals surface area (Å²) in [5.41, 5.74) is 1.61. The molecule has 1 aromatic carbocycles. The number of ether oxygens (including phenoxy) is 2. The van der Waals surface area contributed by atoms with Crippen molar-refractivity contribution in [3.63, 3.8) is 0 Å². The summed E-state index contributed by atoms with van der Waals surface area (Å²) in [7, 11) is 0. The number of piperidine rings is 1. The van der Waals surface area contributed by atoms with E-state index in [0.717, 1.165) is 37.4 Å². The van der Waals surface area contributed by atoms with Gasteiger partial charge in [-0.05, 0) is 44.0 Å². The number of rotatable bonds is 7. The summed E-state index contributed by atoms with van der Waals surface area (Å²) in [6.07, 6.45) is 6.04. The monoisotopic (exact) mass is 558 g/mol. The Labute approximate surface area is 236 Å². The fourth-order valence-electron chi connectivity index (χ4n) is 5.36. The molecule has 2 N–H and O–H groups in total. The smallest absolute Gasteiger partial charge is 0.245 e. The Bertz CT molecular complexity index is 1570. The number of pyridine rings is 1. The maximum atomic E-state index is 15.3. The first-order valence-corrected chi connectivity index (χ1v) is 13.7. The van der Waals surface area contributed by atoms with Crippen LogP contribution in [0.5, 0.6) is 11.5 Å². The Morgan fingerprint density at radius 2 is 2.00 bits per heavy atom. The Balaban J connectivity index is 1.18. The van der Waals surface area contributed by atoms with Crippen molar-refractivity contribution < 1.29 is 18.7 Å². The van der Waals surface area contributed by atoms with Crippen LogP contribution in [0.15, 0.2) is 55.5 Å². The zero-order chi connectivity index (χ0) is 28.3. The number of benzene rings is 1. The van der Waals surface area contributed by atoms with Gasteiger partial charge in [0.2, 0.25) is 5.91 Å². The molecule has 3 aromatic heterocycles. The van der Waals surface area contributed by atoms with Crippen LogP contribution >= 0.6 is 0 Å². The van der Waals surface area contributed by atoms with Crippen LogP contribution in [0.2, 0.25) is 0 Å². The molecular weight excluding hydrogens is 527 g/mol. The summed E-state index contributed by atoms with van der Waals surface area (Å²) >= 11 is 0. The minimum atomic E-state index is -0.494. The Kier molecular flexibility index (Phi) is 7.47. The lowest BCUT2D eigenvalue weighted by atomic mass is 9.92. The van der Waals surface area contributed by atoms with E-state index in [1.54, 1.807) is 29.3 Å². The van der Waals surface area contributed by atoms with Crippen molar-refractivity contribution in [3.8, 4) is 11.5 Å². The number of halogens is 1. The molecule has 0 unspecified atom stereocenters. The molecule has 5 heterocycles. The highest BCUT2D eigenvalue weighted by atomic mass is 19.1. The van der Waals surface area contributed by atoms with Crippen LogP contribution in [0.4, 0.5) is 21.7 Å². The van der Waals surface area contributed by atoms with Crippen LogP contribution < -0.4 is 15.0 Å². The van der Waals surface area contributed by atoms with Gasteiger partial charge >= 0.3 is 0 Å². The van der Waals surface area contributed by atoms with E-state index in [4.69, 9.17) is 9.47 Å². The first-order chi connectivity index (χ1) is 20.0. The Hall–Kier alpha value is -4.58. The SMILES string of the molecule is C=CC(=O)N1CCC(c2n[nH]c3ncnc(Nc4ccc(Oc5ccnc(N6CCO[C@H](C)C6)c5)cc4F)c23)CC1. The Morgan fingerprint density at radius 1 is 1.17 bits per heavy atom. The highest BCUT2D eigenvalue weighted by Gasteiger charge is 2.27. The number of likely N-dealkylation sites (tertiary alicyclic amines) is 1. The number of hydrogen-bond donors (Lipinski definition) is 2. The second-order valence-corrected chi connectivity index (χ2v) is 10.2. The number of nitrogens with zero attached hydrogens (tertiary/aromatic N) is 6. The number of carbonyl (C=O) groups excluding carboxylic acids is 1. The third-order valence-corrected chi connectivity index (χ3v) is 7.46.